The molecule has 82 valence electrons. The van der Waals surface area contributed by atoms with E-state index in [4.69, 9.17) is 5.11 Å². The van der Waals surface area contributed by atoms with Gasteiger partial charge in [-0.25, -0.2) is 4.98 Å². The van der Waals surface area contributed by atoms with E-state index in [1.54, 1.807) is 24.9 Å². The minimum Gasteiger partial charge on any atom is -0.481 e. The van der Waals surface area contributed by atoms with Crippen LogP contribution in [0.1, 0.15) is 11.3 Å². The van der Waals surface area contributed by atoms with Crippen LogP contribution in [0.5, 0.6) is 0 Å². The van der Waals surface area contributed by atoms with Crippen molar-refractivity contribution in [2.24, 2.45) is 0 Å². The van der Waals surface area contributed by atoms with E-state index in [0.29, 0.717) is 12.2 Å². The molecular formula is C11H11N3O2. The minimum absolute atomic E-state index is 0.0416. The number of aromatic nitrogens is 3. The maximum absolute atomic E-state index is 10.5. The number of carboxylic acid groups (broad SMARTS) is 1. The molecule has 2 rings (SSSR count). The van der Waals surface area contributed by atoms with E-state index in [-0.39, 0.29) is 6.42 Å². The molecule has 2 aromatic rings. The van der Waals surface area contributed by atoms with Gasteiger partial charge in [-0.3, -0.25) is 9.78 Å². The lowest BCUT2D eigenvalue weighted by molar-refractivity contribution is -0.136. The van der Waals surface area contributed by atoms with Gasteiger partial charge in [-0.1, -0.05) is 6.07 Å². The Hall–Kier alpha value is -2.17. The fraction of sp³-hybridized carbons (Fsp3) is 0.182. The number of imidazole rings is 1. The molecule has 0 aliphatic rings. The first-order chi connectivity index (χ1) is 7.74. The van der Waals surface area contributed by atoms with Gasteiger partial charge in [0, 0.05) is 18.6 Å². The van der Waals surface area contributed by atoms with Gasteiger partial charge in [-0.05, 0) is 11.6 Å². The van der Waals surface area contributed by atoms with E-state index in [0.717, 1.165) is 5.56 Å². The average molecular weight is 217 g/mol. The summed E-state index contributed by atoms with van der Waals surface area (Å²) in [6, 6.07) is 3.83. The van der Waals surface area contributed by atoms with Crippen molar-refractivity contribution in [3.05, 3.63) is 48.3 Å². The smallest absolute Gasteiger partial charge is 0.309 e. The largest absolute Gasteiger partial charge is 0.481 e. The molecule has 0 aromatic carbocycles. The average Bonchev–Trinajstić information content (AvgIpc) is 2.66. The summed E-state index contributed by atoms with van der Waals surface area (Å²) in [4.78, 5) is 18.5. The fourth-order valence-corrected chi connectivity index (χ4v) is 1.44. The van der Waals surface area contributed by atoms with Gasteiger partial charge in [0.25, 0.3) is 0 Å². The number of hydrogen-bond donors (Lipinski definition) is 1. The van der Waals surface area contributed by atoms with Crippen molar-refractivity contribution in [3.63, 3.8) is 0 Å². The number of aliphatic carboxylic acids is 1. The molecule has 0 aliphatic carbocycles. The molecule has 0 bridgehead atoms. The molecule has 0 fully saturated rings. The van der Waals surface area contributed by atoms with Crippen LogP contribution >= 0.6 is 0 Å². The summed E-state index contributed by atoms with van der Waals surface area (Å²) >= 11 is 0. The molecule has 0 saturated heterocycles. The van der Waals surface area contributed by atoms with E-state index >= 15 is 0 Å². The van der Waals surface area contributed by atoms with Crippen LogP contribution in [0.4, 0.5) is 0 Å². The molecule has 0 unspecified atom stereocenters. The number of carbonyl (C=O) groups is 1. The summed E-state index contributed by atoms with van der Waals surface area (Å²) in [5, 5.41) is 8.61. The van der Waals surface area contributed by atoms with Crippen molar-refractivity contribution in [1.82, 2.24) is 14.5 Å². The zero-order chi connectivity index (χ0) is 11.4. The Balaban J connectivity index is 2.06. The summed E-state index contributed by atoms with van der Waals surface area (Å²) in [5.41, 5.74) is 1.62. The Morgan fingerprint density at radius 2 is 2.38 bits per heavy atom. The predicted octanol–water partition coefficient (Wildman–Crippen LogP) is 0.954. The van der Waals surface area contributed by atoms with Crippen LogP contribution in [-0.4, -0.2) is 25.6 Å². The minimum atomic E-state index is -0.869. The van der Waals surface area contributed by atoms with Gasteiger partial charge in [0.15, 0.2) is 0 Å². The van der Waals surface area contributed by atoms with E-state index in [1.807, 2.05) is 16.7 Å². The Bertz CT molecular complexity index is 479. The topological polar surface area (TPSA) is 68.0 Å². The van der Waals surface area contributed by atoms with Crippen LogP contribution in [0.2, 0.25) is 0 Å². The first-order valence-corrected chi connectivity index (χ1v) is 4.85. The Morgan fingerprint density at radius 3 is 3.06 bits per heavy atom. The number of nitrogens with zero attached hydrogens (tertiary/aromatic N) is 3. The van der Waals surface area contributed by atoms with Crippen molar-refractivity contribution in [1.29, 1.82) is 0 Å². The van der Waals surface area contributed by atoms with Gasteiger partial charge in [-0.2, -0.15) is 0 Å². The molecule has 0 atom stereocenters. The van der Waals surface area contributed by atoms with Crippen molar-refractivity contribution in [2.75, 3.05) is 0 Å². The molecule has 2 heterocycles. The van der Waals surface area contributed by atoms with Gasteiger partial charge < -0.3 is 9.67 Å². The third kappa shape index (κ3) is 2.66. The predicted molar refractivity (Wildman–Crippen MR) is 56.9 cm³/mol. The lowest BCUT2D eigenvalue weighted by Crippen LogP contribution is -2.00. The molecule has 0 saturated carbocycles. The van der Waals surface area contributed by atoms with E-state index in [9.17, 15) is 4.79 Å². The zero-order valence-corrected chi connectivity index (χ0v) is 8.58. The van der Waals surface area contributed by atoms with Crippen LogP contribution in [0.15, 0.2) is 37.1 Å². The molecule has 5 heteroatoms. The van der Waals surface area contributed by atoms with Crippen LogP contribution in [-0.2, 0) is 17.8 Å². The van der Waals surface area contributed by atoms with Crippen LogP contribution in [0, 0.1) is 0 Å². The normalized spacial score (nSPS) is 10.2. The molecule has 0 amide bonds. The summed E-state index contributed by atoms with van der Waals surface area (Å²) < 4.78 is 1.84. The lowest BCUT2D eigenvalue weighted by atomic mass is 10.3. The fourth-order valence-electron chi connectivity index (χ4n) is 1.44. The SMILES string of the molecule is O=C(O)Cc1cn(Cc2cccnc2)cn1. The summed E-state index contributed by atoms with van der Waals surface area (Å²) in [7, 11) is 0. The highest BCUT2D eigenvalue weighted by atomic mass is 16.4. The van der Waals surface area contributed by atoms with Gasteiger partial charge in [0.2, 0.25) is 0 Å². The van der Waals surface area contributed by atoms with Crippen molar-refractivity contribution in [2.45, 2.75) is 13.0 Å². The second-order valence-corrected chi connectivity index (χ2v) is 3.47. The van der Waals surface area contributed by atoms with Gasteiger partial charge in [0.05, 0.1) is 25.0 Å². The first kappa shape index (κ1) is 10.4. The highest BCUT2D eigenvalue weighted by Gasteiger charge is 2.04. The third-order valence-electron chi connectivity index (χ3n) is 2.11. The molecule has 0 aliphatic heterocycles. The van der Waals surface area contributed by atoms with Crippen molar-refractivity contribution in [3.8, 4) is 0 Å². The molecule has 16 heavy (non-hydrogen) atoms. The Morgan fingerprint density at radius 1 is 1.50 bits per heavy atom. The van der Waals surface area contributed by atoms with Gasteiger partial charge in [0.1, 0.15) is 0 Å². The summed E-state index contributed by atoms with van der Waals surface area (Å²) in [5.74, 6) is -0.869. The van der Waals surface area contributed by atoms with Crippen LogP contribution in [0.25, 0.3) is 0 Å². The quantitative estimate of drug-likeness (QED) is 0.828. The third-order valence-corrected chi connectivity index (χ3v) is 2.11. The Labute approximate surface area is 92.4 Å². The van der Waals surface area contributed by atoms with Crippen LogP contribution < -0.4 is 0 Å². The number of pyridine rings is 1. The number of hydrogen-bond acceptors (Lipinski definition) is 3. The second kappa shape index (κ2) is 4.57. The maximum Gasteiger partial charge on any atom is 0.309 e. The highest BCUT2D eigenvalue weighted by molar-refractivity contribution is 5.69. The zero-order valence-electron chi connectivity index (χ0n) is 8.58. The summed E-state index contributed by atoms with van der Waals surface area (Å²) in [6.45, 7) is 0.653. The lowest BCUT2D eigenvalue weighted by Gasteiger charge is -2.00. The molecular weight excluding hydrogens is 206 g/mol. The number of rotatable bonds is 4. The van der Waals surface area contributed by atoms with Crippen LogP contribution in [0.3, 0.4) is 0 Å². The number of carboxylic acids is 1. The molecule has 0 radical (unpaired) electrons. The Kier molecular flexibility index (Phi) is 2.95. The highest BCUT2D eigenvalue weighted by Crippen LogP contribution is 2.03. The van der Waals surface area contributed by atoms with Gasteiger partial charge >= 0.3 is 5.97 Å². The van der Waals surface area contributed by atoms with Crippen molar-refractivity contribution >= 4 is 5.97 Å². The summed E-state index contributed by atoms with van der Waals surface area (Å²) in [6.07, 6.45) is 6.82. The maximum atomic E-state index is 10.5. The first-order valence-electron chi connectivity index (χ1n) is 4.85. The van der Waals surface area contributed by atoms with Crippen molar-refractivity contribution < 1.29 is 9.90 Å². The molecule has 2 aromatic heterocycles. The molecule has 0 spiro atoms. The monoisotopic (exact) mass is 217 g/mol. The van der Waals surface area contributed by atoms with Gasteiger partial charge in [-0.15, -0.1) is 0 Å². The molecule has 1 N–H and O–H groups in total. The second-order valence-electron chi connectivity index (χ2n) is 3.47. The van der Waals surface area contributed by atoms with E-state index < -0.39 is 5.97 Å². The van der Waals surface area contributed by atoms with E-state index in [2.05, 4.69) is 9.97 Å². The molecule has 5 nitrogen and oxygen atoms in total. The van der Waals surface area contributed by atoms with E-state index in [1.165, 1.54) is 0 Å². The standard InChI is InChI=1S/C11H11N3O2/c15-11(16)4-10-7-14(8-13-10)6-9-2-1-3-12-5-9/h1-3,5,7-8H,4,6H2,(H,15,16).